The Hall–Kier alpha value is -0.840. The second kappa shape index (κ2) is 17.6. The van der Waals surface area contributed by atoms with Crippen molar-refractivity contribution in [2.75, 3.05) is 13.2 Å². The summed E-state index contributed by atoms with van der Waals surface area (Å²) < 4.78 is 10.6. The molecule has 8 nitrogen and oxygen atoms in total. The summed E-state index contributed by atoms with van der Waals surface area (Å²) in [4.78, 5) is 0. The fourth-order valence-electron chi connectivity index (χ4n) is 3.78. The van der Waals surface area contributed by atoms with Crippen LogP contribution in [-0.4, -0.2) is 81.6 Å². The van der Waals surface area contributed by atoms with Gasteiger partial charge in [-0.05, 0) is 32.6 Å². The fraction of sp³-hybridized carbons (Fsp3) is 0.840. The van der Waals surface area contributed by atoms with E-state index in [1.165, 1.54) is 50.5 Å². The van der Waals surface area contributed by atoms with Crippen molar-refractivity contribution < 1.29 is 35.0 Å². The van der Waals surface area contributed by atoms with Crippen LogP contribution in [0.5, 0.6) is 0 Å². The molecule has 1 fully saturated rings. The van der Waals surface area contributed by atoms with Crippen LogP contribution in [0, 0.1) is 0 Å². The first kappa shape index (κ1) is 30.2. The average molecular weight is 474 g/mol. The molecule has 0 aromatic rings. The predicted molar refractivity (Wildman–Crippen MR) is 128 cm³/mol. The van der Waals surface area contributed by atoms with E-state index in [1.807, 2.05) is 6.08 Å². The van der Waals surface area contributed by atoms with Crippen LogP contribution in [-0.2, 0) is 9.47 Å². The highest BCUT2D eigenvalue weighted by Gasteiger charge is 2.44. The van der Waals surface area contributed by atoms with Gasteiger partial charge in [0.1, 0.15) is 24.4 Å². The summed E-state index contributed by atoms with van der Waals surface area (Å²) >= 11 is 0. The zero-order valence-electron chi connectivity index (χ0n) is 20.4. The minimum Gasteiger partial charge on any atom is -0.394 e. The first-order valence-corrected chi connectivity index (χ1v) is 12.5. The lowest BCUT2D eigenvalue weighted by molar-refractivity contribution is -0.302. The lowest BCUT2D eigenvalue weighted by Gasteiger charge is -2.39. The van der Waals surface area contributed by atoms with E-state index < -0.39 is 49.5 Å². The van der Waals surface area contributed by atoms with Crippen molar-refractivity contribution in [2.24, 2.45) is 5.73 Å². The number of allylic oxidation sites excluding steroid dienone is 3. The summed E-state index contributed by atoms with van der Waals surface area (Å²) in [7, 11) is 0. The molecule has 0 aromatic heterocycles. The first-order chi connectivity index (χ1) is 15.8. The maximum absolute atomic E-state index is 10.2. The van der Waals surface area contributed by atoms with Crippen LogP contribution in [0.25, 0.3) is 0 Å². The molecule has 1 aliphatic rings. The Bertz CT molecular complexity index is 555. The van der Waals surface area contributed by atoms with Crippen molar-refractivity contribution >= 4 is 0 Å². The van der Waals surface area contributed by atoms with Crippen LogP contribution in [0.15, 0.2) is 23.8 Å². The summed E-state index contributed by atoms with van der Waals surface area (Å²) in [5, 5.41) is 48.9. The highest BCUT2D eigenvalue weighted by atomic mass is 16.7. The van der Waals surface area contributed by atoms with E-state index in [2.05, 4.69) is 19.9 Å². The minimum absolute atomic E-state index is 0.133. The lowest BCUT2D eigenvalue weighted by atomic mass is 9.99. The first-order valence-electron chi connectivity index (χ1n) is 12.5. The highest BCUT2D eigenvalue weighted by Crippen LogP contribution is 2.22. The summed E-state index contributed by atoms with van der Waals surface area (Å²) in [6.45, 7) is 3.74. The van der Waals surface area contributed by atoms with Gasteiger partial charge in [-0.25, -0.2) is 0 Å². The summed E-state index contributed by atoms with van der Waals surface area (Å²) in [6, 6.07) is -0.761. The lowest BCUT2D eigenvalue weighted by Crippen LogP contribution is -2.59. The van der Waals surface area contributed by atoms with Crippen LogP contribution in [0.4, 0.5) is 0 Å². The zero-order valence-corrected chi connectivity index (χ0v) is 20.4. The predicted octanol–water partition coefficient (Wildman–Crippen LogP) is 1.91. The maximum Gasteiger partial charge on any atom is 0.186 e. The summed E-state index contributed by atoms with van der Waals surface area (Å²) in [5.74, 6) is 0. The molecule has 1 saturated heterocycles. The molecule has 0 amide bonds. The number of ether oxygens (including phenoxy) is 2. The molecule has 33 heavy (non-hydrogen) atoms. The van der Waals surface area contributed by atoms with E-state index in [0.717, 1.165) is 19.3 Å². The zero-order chi connectivity index (χ0) is 24.6. The van der Waals surface area contributed by atoms with Gasteiger partial charge in [0.15, 0.2) is 6.29 Å². The Labute approximate surface area is 199 Å². The molecule has 0 saturated carbocycles. The molecule has 1 aliphatic heterocycles. The molecular formula is C25H47NO7. The van der Waals surface area contributed by atoms with E-state index in [1.54, 1.807) is 6.08 Å². The van der Waals surface area contributed by atoms with E-state index >= 15 is 0 Å². The SMILES string of the molecule is CCCCCCCCC/C(C)=C/CC/C=C/C(O)C(N)CO[C@@H]1OC(CO)[C@H](O)C(O)C1O. The van der Waals surface area contributed by atoms with Crippen LogP contribution in [0.3, 0.4) is 0 Å². The normalized spacial score (nSPS) is 28.4. The maximum atomic E-state index is 10.2. The number of rotatable bonds is 17. The van der Waals surface area contributed by atoms with Gasteiger partial charge in [0.25, 0.3) is 0 Å². The molecular weight excluding hydrogens is 426 g/mol. The molecule has 0 aromatic carbocycles. The van der Waals surface area contributed by atoms with Gasteiger partial charge in [0, 0.05) is 0 Å². The average Bonchev–Trinajstić information content (AvgIpc) is 2.81. The molecule has 5 unspecified atom stereocenters. The Kier molecular flexibility index (Phi) is 16.1. The quantitative estimate of drug-likeness (QED) is 0.139. The number of aliphatic hydroxyl groups excluding tert-OH is 5. The van der Waals surface area contributed by atoms with Crippen molar-refractivity contribution in [1.29, 1.82) is 0 Å². The van der Waals surface area contributed by atoms with Gasteiger partial charge in [-0.3, -0.25) is 0 Å². The molecule has 0 bridgehead atoms. The van der Waals surface area contributed by atoms with E-state index in [4.69, 9.17) is 15.2 Å². The smallest absolute Gasteiger partial charge is 0.186 e. The second-order valence-corrected chi connectivity index (χ2v) is 9.11. The van der Waals surface area contributed by atoms with Gasteiger partial charge >= 0.3 is 0 Å². The summed E-state index contributed by atoms with van der Waals surface area (Å²) in [6.07, 6.45) is 10.1. The number of nitrogens with two attached hydrogens (primary N) is 1. The van der Waals surface area contributed by atoms with Gasteiger partial charge < -0.3 is 40.7 Å². The molecule has 7 atom stereocenters. The van der Waals surface area contributed by atoms with Crippen LogP contribution < -0.4 is 5.73 Å². The fourth-order valence-corrected chi connectivity index (χ4v) is 3.78. The Balaban J connectivity index is 2.22. The minimum atomic E-state index is -1.51. The van der Waals surface area contributed by atoms with Crippen LogP contribution in [0.2, 0.25) is 0 Å². The Morgan fingerprint density at radius 2 is 1.67 bits per heavy atom. The molecule has 0 radical (unpaired) electrons. The second-order valence-electron chi connectivity index (χ2n) is 9.11. The molecule has 1 heterocycles. The van der Waals surface area contributed by atoms with E-state index in [-0.39, 0.29) is 6.61 Å². The molecule has 8 heteroatoms. The molecule has 194 valence electrons. The van der Waals surface area contributed by atoms with Crippen molar-refractivity contribution in [2.45, 2.75) is 121 Å². The number of hydrogen-bond acceptors (Lipinski definition) is 8. The van der Waals surface area contributed by atoms with Gasteiger partial charge in [0.05, 0.1) is 25.4 Å². The largest absolute Gasteiger partial charge is 0.394 e. The van der Waals surface area contributed by atoms with Gasteiger partial charge in [-0.2, -0.15) is 0 Å². The number of unbranched alkanes of at least 4 members (excludes halogenated alkanes) is 7. The van der Waals surface area contributed by atoms with E-state index in [9.17, 15) is 25.5 Å². The topological polar surface area (TPSA) is 146 Å². The van der Waals surface area contributed by atoms with Crippen molar-refractivity contribution in [3.05, 3.63) is 23.8 Å². The Morgan fingerprint density at radius 3 is 2.33 bits per heavy atom. The van der Waals surface area contributed by atoms with Crippen molar-refractivity contribution in [3.63, 3.8) is 0 Å². The third-order valence-electron chi connectivity index (χ3n) is 6.07. The molecule has 1 rings (SSSR count). The van der Waals surface area contributed by atoms with E-state index in [0.29, 0.717) is 0 Å². The monoisotopic (exact) mass is 473 g/mol. The number of hydrogen-bond donors (Lipinski definition) is 6. The molecule has 0 spiro atoms. The third-order valence-corrected chi connectivity index (χ3v) is 6.07. The van der Waals surface area contributed by atoms with Crippen molar-refractivity contribution in [3.8, 4) is 0 Å². The third kappa shape index (κ3) is 11.9. The van der Waals surface area contributed by atoms with Crippen LogP contribution >= 0.6 is 0 Å². The standard InChI is InChI=1S/C25H47NO7/c1-3-4-5-6-7-8-10-13-18(2)14-11-9-12-15-20(28)19(26)17-32-25-24(31)23(30)22(29)21(16-27)33-25/h12,14-15,19-25,27-31H,3-11,13,16-17,26H2,1-2H3/b15-12+,18-14+/t19?,20?,21?,22-,23?,24?,25+/m0/s1. The number of aliphatic hydroxyl groups is 5. The van der Waals surface area contributed by atoms with Crippen molar-refractivity contribution in [1.82, 2.24) is 0 Å². The van der Waals surface area contributed by atoms with Gasteiger partial charge in [-0.1, -0.05) is 69.2 Å². The summed E-state index contributed by atoms with van der Waals surface area (Å²) in [5.41, 5.74) is 7.35. The molecule has 0 aliphatic carbocycles. The highest BCUT2D eigenvalue weighted by molar-refractivity contribution is 5.00. The Morgan fingerprint density at radius 1 is 1.00 bits per heavy atom. The van der Waals surface area contributed by atoms with Gasteiger partial charge in [-0.15, -0.1) is 0 Å². The van der Waals surface area contributed by atoms with Gasteiger partial charge in [0.2, 0.25) is 0 Å². The molecule has 7 N–H and O–H groups in total. The van der Waals surface area contributed by atoms with Crippen LogP contribution in [0.1, 0.15) is 78.1 Å².